The smallest absolute Gasteiger partial charge is 0.222 e. The maximum Gasteiger partial charge on any atom is 0.222 e. The van der Waals surface area contributed by atoms with Gasteiger partial charge in [-0.25, -0.2) is 0 Å². The first-order chi connectivity index (χ1) is 8.65. The van der Waals surface area contributed by atoms with Crippen LogP contribution in [0.25, 0.3) is 0 Å². The van der Waals surface area contributed by atoms with Crippen molar-refractivity contribution in [1.29, 1.82) is 0 Å². The lowest BCUT2D eigenvalue weighted by Crippen LogP contribution is -2.28. The van der Waals surface area contributed by atoms with Crippen LogP contribution in [0.15, 0.2) is 12.1 Å². The summed E-state index contributed by atoms with van der Waals surface area (Å²) in [6.45, 7) is 1.76. The Bertz CT molecular complexity index is 405. The summed E-state index contributed by atoms with van der Waals surface area (Å²) in [4.78, 5) is 14.9. The molecule has 1 N–H and O–H groups in total. The highest BCUT2D eigenvalue weighted by Crippen LogP contribution is 2.22. The fraction of sp³-hybridized carbons (Fsp3) is 0.615. The van der Waals surface area contributed by atoms with Crippen LogP contribution in [0.2, 0.25) is 4.34 Å². The average molecular weight is 323 g/mol. The molecule has 3 nitrogen and oxygen atoms in total. The molecule has 0 spiro atoms. The van der Waals surface area contributed by atoms with Crippen molar-refractivity contribution in [1.82, 2.24) is 10.2 Å². The van der Waals surface area contributed by atoms with Gasteiger partial charge < -0.3 is 10.2 Å². The maximum atomic E-state index is 12.0. The highest BCUT2D eigenvalue weighted by Gasteiger charge is 2.17. The number of thiophene rings is 1. The first kappa shape index (κ1) is 16.8. The largest absolute Gasteiger partial charge is 0.341 e. The number of hydrogen-bond donors (Lipinski definition) is 1. The van der Waals surface area contributed by atoms with Crippen LogP contribution >= 0.6 is 35.3 Å². The second-order valence-corrected chi connectivity index (χ2v) is 6.59. The molecule has 1 unspecified atom stereocenters. The van der Waals surface area contributed by atoms with Crippen molar-refractivity contribution in [2.24, 2.45) is 0 Å². The predicted molar refractivity (Wildman–Crippen MR) is 83.3 cm³/mol. The number of amides is 1. The zero-order chi connectivity index (χ0) is 13.0. The molecule has 0 aromatic carbocycles. The molecule has 1 aromatic rings. The molecule has 1 atom stereocenters. The summed E-state index contributed by atoms with van der Waals surface area (Å²) in [5.74, 6) is 0.216. The topological polar surface area (TPSA) is 32.3 Å². The number of hydrogen-bond acceptors (Lipinski definition) is 3. The van der Waals surface area contributed by atoms with Gasteiger partial charge in [0, 0.05) is 24.4 Å². The van der Waals surface area contributed by atoms with E-state index in [1.807, 2.05) is 19.2 Å². The molecule has 1 aliphatic heterocycles. The number of nitrogens with zero attached hydrogens (tertiary/aromatic N) is 1. The number of carbonyl (C=O) groups is 1. The predicted octanol–water partition coefficient (Wildman–Crippen LogP) is 3.31. The standard InChI is InChI=1S/C13H19ClN2OS.ClH/c1-16(9-11-5-6-12(14)18-11)13(17)7-4-10-3-2-8-15-10;/h5-6,10,15H,2-4,7-9H2,1H3;1H. The highest BCUT2D eigenvalue weighted by atomic mass is 35.5. The summed E-state index contributed by atoms with van der Waals surface area (Å²) >= 11 is 7.41. The molecule has 2 heterocycles. The fourth-order valence-corrected chi connectivity index (χ4v) is 3.39. The Kier molecular flexibility index (Phi) is 7.15. The van der Waals surface area contributed by atoms with E-state index in [0.717, 1.165) is 22.2 Å². The lowest BCUT2D eigenvalue weighted by molar-refractivity contribution is -0.130. The van der Waals surface area contributed by atoms with Gasteiger partial charge in [0.15, 0.2) is 0 Å². The van der Waals surface area contributed by atoms with Crippen LogP contribution in [-0.2, 0) is 11.3 Å². The Morgan fingerprint density at radius 1 is 1.58 bits per heavy atom. The minimum Gasteiger partial charge on any atom is -0.341 e. The number of nitrogens with one attached hydrogen (secondary N) is 1. The van der Waals surface area contributed by atoms with E-state index >= 15 is 0 Å². The summed E-state index contributed by atoms with van der Waals surface area (Å²) < 4.78 is 0.779. The van der Waals surface area contributed by atoms with E-state index in [-0.39, 0.29) is 18.3 Å². The molecule has 0 saturated carbocycles. The van der Waals surface area contributed by atoms with Crippen molar-refractivity contribution >= 4 is 41.3 Å². The number of carbonyl (C=O) groups excluding carboxylic acids is 1. The summed E-state index contributed by atoms with van der Waals surface area (Å²) in [5.41, 5.74) is 0. The van der Waals surface area contributed by atoms with Gasteiger partial charge in [-0.3, -0.25) is 4.79 Å². The molecule has 1 aromatic heterocycles. The lowest BCUT2D eigenvalue weighted by Gasteiger charge is -2.17. The molecule has 0 aliphatic carbocycles. The molecule has 1 fully saturated rings. The molecule has 2 rings (SSSR count). The van der Waals surface area contributed by atoms with Crippen LogP contribution in [0.1, 0.15) is 30.6 Å². The molecule has 19 heavy (non-hydrogen) atoms. The summed E-state index contributed by atoms with van der Waals surface area (Å²) in [6, 6.07) is 4.40. The molecule has 108 valence electrons. The zero-order valence-corrected chi connectivity index (χ0v) is 13.4. The number of halogens is 2. The maximum absolute atomic E-state index is 12.0. The van der Waals surface area contributed by atoms with E-state index in [4.69, 9.17) is 11.6 Å². The van der Waals surface area contributed by atoms with Gasteiger partial charge in [-0.05, 0) is 37.9 Å². The molecular formula is C13H20Cl2N2OS. The van der Waals surface area contributed by atoms with Crippen molar-refractivity contribution in [2.45, 2.75) is 38.3 Å². The van der Waals surface area contributed by atoms with Crippen molar-refractivity contribution in [3.63, 3.8) is 0 Å². The third-order valence-corrected chi connectivity index (χ3v) is 4.53. The second-order valence-electron chi connectivity index (χ2n) is 4.79. The quantitative estimate of drug-likeness (QED) is 0.902. The molecule has 6 heteroatoms. The first-order valence-corrected chi connectivity index (χ1v) is 7.56. The van der Waals surface area contributed by atoms with Crippen LogP contribution in [-0.4, -0.2) is 30.4 Å². The minimum atomic E-state index is 0. The van der Waals surface area contributed by atoms with E-state index in [1.165, 1.54) is 24.2 Å². The van der Waals surface area contributed by atoms with Gasteiger partial charge >= 0.3 is 0 Å². The third kappa shape index (κ3) is 5.30. The van der Waals surface area contributed by atoms with Crippen LogP contribution < -0.4 is 5.32 Å². The van der Waals surface area contributed by atoms with Gasteiger partial charge in [-0.1, -0.05) is 11.6 Å². The van der Waals surface area contributed by atoms with E-state index < -0.39 is 0 Å². The normalized spacial score (nSPS) is 18.1. The third-order valence-electron chi connectivity index (χ3n) is 3.32. The van der Waals surface area contributed by atoms with Gasteiger partial charge in [-0.15, -0.1) is 23.7 Å². The minimum absolute atomic E-state index is 0. The summed E-state index contributed by atoms with van der Waals surface area (Å²) in [7, 11) is 1.86. The van der Waals surface area contributed by atoms with Crippen molar-refractivity contribution in [2.75, 3.05) is 13.6 Å². The van der Waals surface area contributed by atoms with E-state index in [2.05, 4.69) is 5.32 Å². The molecule has 0 bridgehead atoms. The Labute approximate surface area is 129 Å². The van der Waals surface area contributed by atoms with Gasteiger partial charge in [0.2, 0.25) is 5.91 Å². The summed E-state index contributed by atoms with van der Waals surface area (Å²) in [6.07, 6.45) is 4.03. The molecular weight excluding hydrogens is 303 g/mol. The Morgan fingerprint density at radius 2 is 2.37 bits per heavy atom. The Hall–Kier alpha value is -0.290. The van der Waals surface area contributed by atoms with Crippen molar-refractivity contribution in [3.05, 3.63) is 21.3 Å². The first-order valence-electron chi connectivity index (χ1n) is 6.36. The van der Waals surface area contributed by atoms with Crippen LogP contribution in [0.3, 0.4) is 0 Å². The van der Waals surface area contributed by atoms with Gasteiger partial charge in [0.05, 0.1) is 10.9 Å². The van der Waals surface area contributed by atoms with Gasteiger partial charge in [-0.2, -0.15) is 0 Å². The second kappa shape index (κ2) is 8.10. The Balaban J connectivity index is 0.00000180. The van der Waals surface area contributed by atoms with Crippen molar-refractivity contribution in [3.8, 4) is 0 Å². The van der Waals surface area contributed by atoms with Crippen LogP contribution in [0.4, 0.5) is 0 Å². The average Bonchev–Trinajstić information content (AvgIpc) is 2.97. The van der Waals surface area contributed by atoms with Crippen LogP contribution in [0.5, 0.6) is 0 Å². The van der Waals surface area contributed by atoms with Crippen LogP contribution in [0, 0.1) is 0 Å². The fourth-order valence-electron chi connectivity index (χ4n) is 2.25. The molecule has 1 saturated heterocycles. The number of rotatable bonds is 5. The van der Waals surface area contributed by atoms with Crippen molar-refractivity contribution < 1.29 is 4.79 Å². The van der Waals surface area contributed by atoms with E-state index in [9.17, 15) is 4.79 Å². The van der Waals surface area contributed by atoms with E-state index in [1.54, 1.807) is 4.90 Å². The molecule has 0 radical (unpaired) electrons. The SMILES string of the molecule is CN(Cc1ccc(Cl)s1)C(=O)CCC1CCCN1.Cl. The van der Waals surface area contributed by atoms with E-state index in [0.29, 0.717) is 19.0 Å². The monoisotopic (exact) mass is 322 g/mol. The molecule has 1 amide bonds. The van der Waals surface area contributed by atoms with Gasteiger partial charge in [0.1, 0.15) is 0 Å². The zero-order valence-electron chi connectivity index (χ0n) is 11.0. The van der Waals surface area contributed by atoms with Gasteiger partial charge in [0.25, 0.3) is 0 Å². The summed E-state index contributed by atoms with van der Waals surface area (Å²) in [5, 5.41) is 3.42. The lowest BCUT2D eigenvalue weighted by atomic mass is 10.1. The highest BCUT2D eigenvalue weighted by molar-refractivity contribution is 7.16. The molecule has 1 aliphatic rings. The Morgan fingerprint density at radius 3 is 2.95 bits per heavy atom.